The Hall–Kier alpha value is -1.84. The number of amides is 1. The van der Waals surface area contributed by atoms with Gasteiger partial charge in [-0.25, -0.2) is 0 Å². The molecule has 1 aromatic carbocycles. The summed E-state index contributed by atoms with van der Waals surface area (Å²) in [6.45, 7) is 8.87. The minimum absolute atomic E-state index is 0.162. The largest absolute Gasteiger partial charge is 0.383 e. The van der Waals surface area contributed by atoms with E-state index in [9.17, 15) is 4.79 Å². The Labute approximate surface area is 174 Å². The van der Waals surface area contributed by atoms with Crippen molar-refractivity contribution in [2.24, 2.45) is 0 Å². The zero-order chi connectivity index (χ0) is 19.9. The highest BCUT2D eigenvalue weighted by molar-refractivity contribution is 8.01. The number of hydrogen-bond acceptors (Lipinski definition) is 8. The van der Waals surface area contributed by atoms with Crippen molar-refractivity contribution < 1.29 is 9.53 Å². The molecule has 1 aliphatic rings. The zero-order valence-corrected chi connectivity index (χ0v) is 18.2. The molecule has 1 fully saturated rings. The number of aryl methyl sites for hydroxylation is 1. The molecule has 28 heavy (non-hydrogen) atoms. The second-order valence-corrected chi connectivity index (χ2v) is 8.87. The van der Waals surface area contributed by atoms with Crippen LogP contribution in [0.15, 0.2) is 22.5 Å². The summed E-state index contributed by atoms with van der Waals surface area (Å²) in [5.74, 6) is 0.561. The lowest BCUT2D eigenvalue weighted by Gasteiger charge is -2.37. The van der Waals surface area contributed by atoms with Crippen LogP contribution in [-0.4, -0.2) is 73.2 Å². The average molecular weight is 422 g/mol. The highest BCUT2D eigenvalue weighted by Gasteiger charge is 2.22. The lowest BCUT2D eigenvalue weighted by Crippen LogP contribution is -2.49. The molecule has 152 valence electrons. The summed E-state index contributed by atoms with van der Waals surface area (Å²) >= 11 is 2.92. The maximum absolute atomic E-state index is 12.6. The fourth-order valence-corrected chi connectivity index (χ4v) is 4.77. The number of thioether (sulfide) groups is 1. The molecule has 0 atom stereocenters. The summed E-state index contributed by atoms with van der Waals surface area (Å²) in [6, 6.07) is 6.41. The van der Waals surface area contributed by atoms with Crippen molar-refractivity contribution in [3.05, 3.63) is 29.3 Å². The SMILES string of the molecule is COCCNc1nnc(SCC(=O)N2CCN(c3cccc(C)c3C)CC2)s1. The summed E-state index contributed by atoms with van der Waals surface area (Å²) in [6.07, 6.45) is 0. The van der Waals surface area contributed by atoms with Gasteiger partial charge in [0, 0.05) is 45.5 Å². The van der Waals surface area contributed by atoms with Gasteiger partial charge >= 0.3 is 0 Å². The van der Waals surface area contributed by atoms with Crippen LogP contribution in [0, 0.1) is 13.8 Å². The molecular weight excluding hydrogens is 394 g/mol. The number of rotatable bonds is 8. The molecular formula is C19H27N5O2S2. The molecule has 0 radical (unpaired) electrons. The molecule has 2 heterocycles. The van der Waals surface area contributed by atoms with Crippen molar-refractivity contribution in [2.75, 3.05) is 62.4 Å². The molecule has 1 amide bonds. The molecule has 0 aliphatic carbocycles. The lowest BCUT2D eigenvalue weighted by molar-refractivity contribution is -0.128. The van der Waals surface area contributed by atoms with Gasteiger partial charge in [-0.15, -0.1) is 10.2 Å². The van der Waals surface area contributed by atoms with Crippen LogP contribution in [0.3, 0.4) is 0 Å². The minimum atomic E-state index is 0.162. The molecule has 1 aliphatic heterocycles. The van der Waals surface area contributed by atoms with Gasteiger partial charge in [-0.05, 0) is 31.0 Å². The Morgan fingerprint density at radius 1 is 1.25 bits per heavy atom. The van der Waals surface area contributed by atoms with E-state index in [1.54, 1.807) is 7.11 Å². The monoisotopic (exact) mass is 421 g/mol. The fourth-order valence-electron chi connectivity index (χ4n) is 3.09. The normalized spacial score (nSPS) is 14.4. The second kappa shape index (κ2) is 10.1. The van der Waals surface area contributed by atoms with Gasteiger partial charge in [0.2, 0.25) is 11.0 Å². The first-order chi connectivity index (χ1) is 13.6. The number of piperazine rings is 1. The molecule has 0 bridgehead atoms. The molecule has 1 saturated heterocycles. The Balaban J connectivity index is 1.45. The number of carbonyl (C=O) groups is 1. The van der Waals surface area contributed by atoms with Crippen molar-refractivity contribution in [1.29, 1.82) is 0 Å². The smallest absolute Gasteiger partial charge is 0.233 e. The number of carbonyl (C=O) groups excluding carboxylic acids is 1. The van der Waals surface area contributed by atoms with Gasteiger partial charge in [0.15, 0.2) is 4.34 Å². The molecule has 2 aromatic rings. The molecule has 0 saturated carbocycles. The summed E-state index contributed by atoms with van der Waals surface area (Å²) in [5.41, 5.74) is 3.91. The predicted molar refractivity (Wildman–Crippen MR) is 116 cm³/mol. The Morgan fingerprint density at radius 3 is 2.79 bits per heavy atom. The van der Waals surface area contributed by atoms with Crippen LogP contribution >= 0.6 is 23.1 Å². The predicted octanol–water partition coefficient (Wildman–Crippen LogP) is 2.65. The molecule has 1 N–H and O–H groups in total. The van der Waals surface area contributed by atoms with Crippen molar-refractivity contribution in [3.63, 3.8) is 0 Å². The zero-order valence-electron chi connectivity index (χ0n) is 16.6. The van der Waals surface area contributed by atoms with E-state index >= 15 is 0 Å². The molecule has 0 unspecified atom stereocenters. The number of anilines is 2. The Morgan fingerprint density at radius 2 is 2.04 bits per heavy atom. The van der Waals surface area contributed by atoms with E-state index in [0.717, 1.165) is 35.7 Å². The first kappa shape index (κ1) is 20.9. The van der Waals surface area contributed by atoms with Crippen LogP contribution in [0.25, 0.3) is 0 Å². The van der Waals surface area contributed by atoms with Gasteiger partial charge in [0.05, 0.1) is 12.4 Å². The van der Waals surface area contributed by atoms with E-state index in [0.29, 0.717) is 18.9 Å². The van der Waals surface area contributed by atoms with Crippen LogP contribution in [0.5, 0.6) is 0 Å². The minimum Gasteiger partial charge on any atom is -0.383 e. The van der Waals surface area contributed by atoms with Gasteiger partial charge in [0.1, 0.15) is 0 Å². The van der Waals surface area contributed by atoms with Crippen LogP contribution in [0.4, 0.5) is 10.8 Å². The third-order valence-corrected chi connectivity index (χ3v) is 6.86. The van der Waals surface area contributed by atoms with Crippen molar-refractivity contribution in [3.8, 4) is 0 Å². The van der Waals surface area contributed by atoms with Crippen LogP contribution in [0.2, 0.25) is 0 Å². The van der Waals surface area contributed by atoms with Gasteiger partial charge in [0.25, 0.3) is 0 Å². The molecule has 9 heteroatoms. The maximum atomic E-state index is 12.6. The highest BCUT2D eigenvalue weighted by Crippen LogP contribution is 2.26. The number of hydrogen-bond donors (Lipinski definition) is 1. The first-order valence-electron chi connectivity index (χ1n) is 9.36. The number of aromatic nitrogens is 2. The molecule has 1 aromatic heterocycles. The second-order valence-electron chi connectivity index (χ2n) is 6.67. The topological polar surface area (TPSA) is 70.6 Å². The van der Waals surface area contributed by atoms with Gasteiger partial charge in [-0.3, -0.25) is 4.79 Å². The summed E-state index contributed by atoms with van der Waals surface area (Å²) < 4.78 is 5.81. The molecule has 3 rings (SSSR count). The number of ether oxygens (including phenoxy) is 1. The van der Waals surface area contributed by atoms with E-state index in [1.807, 2.05) is 4.90 Å². The van der Waals surface area contributed by atoms with E-state index in [-0.39, 0.29) is 5.91 Å². The maximum Gasteiger partial charge on any atom is 0.233 e. The standard InChI is InChI=1S/C19H27N5O2S2/c1-14-5-4-6-16(15(14)2)23-8-10-24(11-9-23)17(25)13-27-19-22-21-18(28-19)20-7-12-26-3/h4-6H,7-13H2,1-3H3,(H,20,21). The van der Waals surface area contributed by atoms with Crippen molar-refractivity contribution >= 4 is 39.8 Å². The van der Waals surface area contributed by atoms with E-state index < -0.39 is 0 Å². The third kappa shape index (κ3) is 5.36. The summed E-state index contributed by atoms with van der Waals surface area (Å²) in [5, 5.41) is 12.1. The van der Waals surface area contributed by atoms with E-state index in [1.165, 1.54) is 39.9 Å². The fraction of sp³-hybridized carbons (Fsp3) is 0.526. The van der Waals surface area contributed by atoms with Crippen LogP contribution < -0.4 is 10.2 Å². The third-order valence-electron chi connectivity index (χ3n) is 4.86. The Kier molecular flexibility index (Phi) is 7.52. The van der Waals surface area contributed by atoms with E-state index in [4.69, 9.17) is 4.74 Å². The van der Waals surface area contributed by atoms with Crippen molar-refractivity contribution in [1.82, 2.24) is 15.1 Å². The summed E-state index contributed by atoms with van der Waals surface area (Å²) in [7, 11) is 1.66. The lowest BCUT2D eigenvalue weighted by atomic mass is 10.1. The van der Waals surface area contributed by atoms with Gasteiger partial charge in [-0.1, -0.05) is 35.2 Å². The number of nitrogens with one attached hydrogen (secondary N) is 1. The number of methoxy groups -OCH3 is 1. The first-order valence-corrected chi connectivity index (χ1v) is 11.2. The molecule has 7 nitrogen and oxygen atoms in total. The van der Waals surface area contributed by atoms with Gasteiger partial charge in [-0.2, -0.15) is 0 Å². The number of nitrogens with zero attached hydrogens (tertiary/aromatic N) is 4. The highest BCUT2D eigenvalue weighted by atomic mass is 32.2. The Bertz CT molecular complexity index is 790. The molecule has 0 spiro atoms. The van der Waals surface area contributed by atoms with Gasteiger partial charge < -0.3 is 19.9 Å². The number of benzene rings is 1. The van der Waals surface area contributed by atoms with Crippen LogP contribution in [0.1, 0.15) is 11.1 Å². The quantitative estimate of drug-likeness (QED) is 0.519. The van der Waals surface area contributed by atoms with Crippen LogP contribution in [-0.2, 0) is 9.53 Å². The average Bonchev–Trinajstić information content (AvgIpc) is 3.16. The van der Waals surface area contributed by atoms with Crippen molar-refractivity contribution in [2.45, 2.75) is 18.2 Å². The summed E-state index contributed by atoms with van der Waals surface area (Å²) in [4.78, 5) is 16.9. The van der Waals surface area contributed by atoms with E-state index in [2.05, 4.69) is 52.5 Å².